The monoisotopic (exact) mass is 468 g/mol. The second-order valence-electron chi connectivity index (χ2n) is 6.93. The molecule has 1 atom stereocenters. The Morgan fingerprint density at radius 2 is 1.94 bits per heavy atom. The third kappa shape index (κ3) is 3.96. The van der Waals surface area contributed by atoms with Gasteiger partial charge in [0.1, 0.15) is 6.04 Å². The number of hydrogen-bond acceptors (Lipinski definition) is 8. The Kier molecular flexibility index (Phi) is 6.20. The number of rotatable bonds is 5. The topological polar surface area (TPSA) is 87.0 Å². The number of esters is 2. The zero-order chi connectivity index (χ0) is 22.8. The van der Waals surface area contributed by atoms with Crippen LogP contribution >= 0.6 is 22.7 Å². The average molecular weight is 469 g/mol. The van der Waals surface area contributed by atoms with Crippen LogP contribution in [0.25, 0.3) is 6.08 Å². The zero-order valence-electron chi connectivity index (χ0n) is 17.7. The standard InChI is InChI=1S/C23H20N2O5S2/c1-4-30-22(28)18-13(2)24-23-25(19(18)16-6-5-11-31-16)20(26)17(32-23)12-14-7-9-15(10-8-14)21(27)29-3/h5-12,19H,4H2,1-3H3/b17-12+/t19-/m0/s1. The van der Waals surface area contributed by atoms with Gasteiger partial charge in [-0.05, 0) is 49.1 Å². The van der Waals surface area contributed by atoms with E-state index in [9.17, 15) is 14.4 Å². The van der Waals surface area contributed by atoms with Crippen LogP contribution in [0.4, 0.5) is 0 Å². The van der Waals surface area contributed by atoms with Crippen molar-refractivity contribution >= 4 is 40.7 Å². The first-order valence-corrected chi connectivity index (χ1v) is 11.6. The number of carbonyl (C=O) groups is 2. The van der Waals surface area contributed by atoms with Crippen LogP contribution in [-0.4, -0.2) is 30.2 Å². The maximum Gasteiger partial charge on any atom is 0.338 e. The van der Waals surface area contributed by atoms with Crippen molar-refractivity contribution in [3.05, 3.63) is 88.7 Å². The Bertz CT molecular complexity index is 1380. The van der Waals surface area contributed by atoms with E-state index in [0.29, 0.717) is 26.2 Å². The number of nitrogens with zero attached hydrogens (tertiary/aromatic N) is 2. The lowest BCUT2D eigenvalue weighted by molar-refractivity contribution is -0.139. The van der Waals surface area contributed by atoms with Gasteiger partial charge in [0.05, 0.1) is 35.1 Å². The fourth-order valence-electron chi connectivity index (χ4n) is 3.49. The Morgan fingerprint density at radius 1 is 1.19 bits per heavy atom. The molecule has 1 aliphatic heterocycles. The zero-order valence-corrected chi connectivity index (χ0v) is 19.3. The van der Waals surface area contributed by atoms with Crippen LogP contribution in [0.15, 0.2) is 62.8 Å². The van der Waals surface area contributed by atoms with Crippen molar-refractivity contribution in [2.75, 3.05) is 13.7 Å². The highest BCUT2D eigenvalue weighted by Gasteiger charge is 2.33. The fourth-order valence-corrected chi connectivity index (χ4v) is 5.36. The van der Waals surface area contributed by atoms with E-state index in [1.165, 1.54) is 29.8 Å². The summed E-state index contributed by atoms with van der Waals surface area (Å²) in [6.07, 6.45) is 1.75. The molecule has 1 aliphatic rings. The molecule has 0 saturated carbocycles. The van der Waals surface area contributed by atoms with E-state index in [-0.39, 0.29) is 12.2 Å². The summed E-state index contributed by atoms with van der Waals surface area (Å²) < 4.78 is 12.0. The molecule has 0 unspecified atom stereocenters. The van der Waals surface area contributed by atoms with Crippen molar-refractivity contribution in [1.82, 2.24) is 4.57 Å². The second-order valence-corrected chi connectivity index (χ2v) is 8.92. The molecule has 0 fully saturated rings. The molecule has 0 saturated heterocycles. The number of aromatic nitrogens is 1. The van der Waals surface area contributed by atoms with Crippen LogP contribution < -0.4 is 14.9 Å². The van der Waals surface area contributed by atoms with E-state index >= 15 is 0 Å². The Hall–Kier alpha value is -3.30. The van der Waals surface area contributed by atoms with Crippen molar-refractivity contribution in [1.29, 1.82) is 0 Å². The van der Waals surface area contributed by atoms with Gasteiger partial charge in [0.15, 0.2) is 4.80 Å². The van der Waals surface area contributed by atoms with E-state index in [1.807, 2.05) is 17.5 Å². The smallest absolute Gasteiger partial charge is 0.338 e. The first-order valence-electron chi connectivity index (χ1n) is 9.86. The van der Waals surface area contributed by atoms with Crippen molar-refractivity contribution in [2.24, 2.45) is 4.99 Å². The van der Waals surface area contributed by atoms with Crippen LogP contribution in [0.5, 0.6) is 0 Å². The highest BCUT2D eigenvalue weighted by atomic mass is 32.1. The van der Waals surface area contributed by atoms with Crippen LogP contribution in [0, 0.1) is 0 Å². The van der Waals surface area contributed by atoms with Crippen molar-refractivity contribution in [2.45, 2.75) is 19.9 Å². The van der Waals surface area contributed by atoms with Gasteiger partial charge in [-0.15, -0.1) is 11.3 Å². The molecule has 2 aromatic heterocycles. The number of benzene rings is 1. The van der Waals surface area contributed by atoms with Crippen molar-refractivity contribution in [3.63, 3.8) is 0 Å². The van der Waals surface area contributed by atoms with E-state index in [0.717, 1.165) is 10.4 Å². The summed E-state index contributed by atoms with van der Waals surface area (Å²) in [5.74, 6) is -0.895. The van der Waals surface area contributed by atoms with Crippen LogP contribution in [-0.2, 0) is 14.3 Å². The summed E-state index contributed by atoms with van der Waals surface area (Å²) in [6, 6.07) is 9.98. The van der Waals surface area contributed by atoms with E-state index in [2.05, 4.69) is 4.99 Å². The highest BCUT2D eigenvalue weighted by molar-refractivity contribution is 7.10. The van der Waals surface area contributed by atoms with Gasteiger partial charge in [0, 0.05) is 4.88 Å². The largest absolute Gasteiger partial charge is 0.465 e. The molecule has 164 valence electrons. The molecule has 1 aromatic carbocycles. The lowest BCUT2D eigenvalue weighted by Gasteiger charge is -2.23. The first kappa shape index (κ1) is 21.9. The molecule has 3 heterocycles. The quantitative estimate of drug-likeness (QED) is 0.538. The second kappa shape index (κ2) is 9.05. The average Bonchev–Trinajstić information content (AvgIpc) is 3.42. The Morgan fingerprint density at radius 3 is 2.56 bits per heavy atom. The van der Waals surface area contributed by atoms with Gasteiger partial charge < -0.3 is 9.47 Å². The summed E-state index contributed by atoms with van der Waals surface area (Å²) >= 11 is 2.73. The Balaban J connectivity index is 1.85. The molecule has 3 aromatic rings. The molecule has 0 aliphatic carbocycles. The van der Waals surface area contributed by atoms with Gasteiger partial charge in [-0.1, -0.05) is 29.5 Å². The molecular formula is C23H20N2O5S2. The molecular weight excluding hydrogens is 448 g/mol. The van der Waals surface area contributed by atoms with Gasteiger partial charge in [-0.2, -0.15) is 0 Å². The number of allylic oxidation sites excluding steroid dienone is 1. The summed E-state index contributed by atoms with van der Waals surface area (Å²) in [4.78, 5) is 43.7. The molecule has 0 radical (unpaired) electrons. The minimum atomic E-state index is -0.589. The number of thiophene rings is 1. The maximum absolute atomic E-state index is 13.4. The van der Waals surface area contributed by atoms with Crippen molar-refractivity contribution < 1.29 is 19.1 Å². The van der Waals surface area contributed by atoms with Crippen LogP contribution in [0.2, 0.25) is 0 Å². The number of methoxy groups -OCH3 is 1. The summed E-state index contributed by atoms with van der Waals surface area (Å²) in [5, 5.41) is 1.91. The van der Waals surface area contributed by atoms with Crippen molar-refractivity contribution in [3.8, 4) is 0 Å². The van der Waals surface area contributed by atoms with Crippen LogP contribution in [0.1, 0.15) is 40.7 Å². The van der Waals surface area contributed by atoms with Gasteiger partial charge in [0.25, 0.3) is 5.56 Å². The predicted molar refractivity (Wildman–Crippen MR) is 122 cm³/mol. The Labute approximate surface area is 191 Å². The fraction of sp³-hybridized carbons (Fsp3) is 0.217. The summed E-state index contributed by atoms with van der Waals surface area (Å²) in [7, 11) is 1.33. The summed E-state index contributed by atoms with van der Waals surface area (Å²) in [6.45, 7) is 3.74. The van der Waals surface area contributed by atoms with E-state index in [4.69, 9.17) is 9.47 Å². The molecule has 32 heavy (non-hydrogen) atoms. The number of thiazole rings is 1. The lowest BCUT2D eigenvalue weighted by Crippen LogP contribution is -2.39. The first-order chi connectivity index (χ1) is 15.4. The third-order valence-corrected chi connectivity index (χ3v) is 6.87. The number of ether oxygens (including phenoxy) is 2. The summed E-state index contributed by atoms with van der Waals surface area (Å²) in [5.41, 5.74) is 1.86. The van der Waals surface area contributed by atoms with Gasteiger partial charge in [-0.25, -0.2) is 14.6 Å². The van der Waals surface area contributed by atoms with E-state index < -0.39 is 18.0 Å². The molecule has 0 N–H and O–H groups in total. The van der Waals surface area contributed by atoms with Gasteiger partial charge in [-0.3, -0.25) is 9.36 Å². The predicted octanol–water partition coefficient (Wildman–Crippen LogP) is 2.65. The molecule has 0 spiro atoms. The number of fused-ring (bicyclic) bond motifs is 1. The van der Waals surface area contributed by atoms with Gasteiger partial charge in [0.2, 0.25) is 0 Å². The number of hydrogen-bond donors (Lipinski definition) is 0. The minimum absolute atomic E-state index is 0.235. The molecule has 7 nitrogen and oxygen atoms in total. The normalized spacial score (nSPS) is 15.8. The lowest BCUT2D eigenvalue weighted by atomic mass is 10.0. The molecule has 0 amide bonds. The number of carbonyl (C=O) groups excluding carboxylic acids is 2. The third-order valence-electron chi connectivity index (χ3n) is 4.96. The highest BCUT2D eigenvalue weighted by Crippen LogP contribution is 2.33. The minimum Gasteiger partial charge on any atom is -0.465 e. The molecule has 9 heteroatoms. The maximum atomic E-state index is 13.4. The molecule has 4 rings (SSSR count). The molecule has 0 bridgehead atoms. The SMILES string of the molecule is CCOC(=O)C1=C(C)N=c2s/c(=C/c3ccc(C(=O)OC)cc3)c(=O)n2[C@H]1c1cccs1. The van der Waals surface area contributed by atoms with Gasteiger partial charge >= 0.3 is 11.9 Å². The van der Waals surface area contributed by atoms with E-state index in [1.54, 1.807) is 48.8 Å². The van der Waals surface area contributed by atoms with Crippen LogP contribution in [0.3, 0.4) is 0 Å².